The molecule has 0 aromatic heterocycles. The van der Waals surface area contributed by atoms with Gasteiger partial charge in [0.15, 0.2) is 0 Å². The van der Waals surface area contributed by atoms with E-state index in [2.05, 4.69) is 32.9 Å². The zero-order chi connectivity index (χ0) is 16.7. The largest absolute Gasteiger partial charge is 0.508 e. The summed E-state index contributed by atoms with van der Waals surface area (Å²) in [5, 5.41) is 10.1. The van der Waals surface area contributed by atoms with Crippen molar-refractivity contribution in [3.63, 3.8) is 0 Å². The van der Waals surface area contributed by atoms with E-state index in [0.29, 0.717) is 5.75 Å². The van der Waals surface area contributed by atoms with E-state index in [9.17, 15) is 5.11 Å². The molecule has 0 bridgehead atoms. The minimum atomic E-state index is -0.111. The van der Waals surface area contributed by atoms with E-state index in [1.54, 1.807) is 6.07 Å². The minimum Gasteiger partial charge on any atom is -0.508 e. The van der Waals surface area contributed by atoms with Crippen LogP contribution in [0.2, 0.25) is 0 Å². The van der Waals surface area contributed by atoms with Gasteiger partial charge in [0.25, 0.3) is 0 Å². The Bertz CT molecular complexity index is 617. The molecular weight excluding hydrogens is 284 g/mol. The topological polar surface area (TPSA) is 29.5 Å². The third kappa shape index (κ3) is 4.75. The second-order valence-electron chi connectivity index (χ2n) is 6.74. The third-order valence-electron chi connectivity index (χ3n) is 4.25. The lowest BCUT2D eigenvalue weighted by Crippen LogP contribution is -2.22. The first-order valence-electron chi connectivity index (χ1n) is 8.54. The van der Waals surface area contributed by atoms with Gasteiger partial charge in [-0.1, -0.05) is 70.0 Å². The second-order valence-corrected chi connectivity index (χ2v) is 6.74. The van der Waals surface area contributed by atoms with E-state index in [-0.39, 0.29) is 5.41 Å². The first kappa shape index (κ1) is 17.4. The van der Waals surface area contributed by atoms with Crippen LogP contribution in [0.5, 0.6) is 11.5 Å². The van der Waals surface area contributed by atoms with Crippen molar-refractivity contribution in [1.82, 2.24) is 0 Å². The summed E-state index contributed by atoms with van der Waals surface area (Å²) < 4.78 is 6.03. The Balaban J connectivity index is 2.17. The van der Waals surface area contributed by atoms with Crippen LogP contribution < -0.4 is 4.74 Å². The standard InChI is InChI=1S/C21H28O2/c1-4-5-10-15-23-20-14-9-7-12-18(20)21(2,3)16-17-11-6-8-13-19(17)22/h6-9,11-14,22H,4-5,10,15-16H2,1-3H3. The molecule has 0 saturated heterocycles. The van der Waals surface area contributed by atoms with Crippen LogP contribution in [0.4, 0.5) is 0 Å². The van der Waals surface area contributed by atoms with Gasteiger partial charge >= 0.3 is 0 Å². The number of phenols is 1. The first-order valence-corrected chi connectivity index (χ1v) is 8.54. The molecule has 0 saturated carbocycles. The Morgan fingerprint density at radius 3 is 2.39 bits per heavy atom. The first-order chi connectivity index (χ1) is 11.0. The molecule has 2 aromatic carbocycles. The van der Waals surface area contributed by atoms with Crippen molar-refractivity contribution in [1.29, 1.82) is 0 Å². The summed E-state index contributed by atoms with van der Waals surface area (Å²) in [6, 6.07) is 15.8. The van der Waals surface area contributed by atoms with Crippen LogP contribution in [0.3, 0.4) is 0 Å². The summed E-state index contributed by atoms with van der Waals surface area (Å²) in [5.41, 5.74) is 2.05. The molecule has 1 N–H and O–H groups in total. The van der Waals surface area contributed by atoms with Gasteiger partial charge in [0.1, 0.15) is 11.5 Å². The zero-order valence-electron chi connectivity index (χ0n) is 14.5. The van der Waals surface area contributed by atoms with Crippen molar-refractivity contribution in [2.24, 2.45) is 0 Å². The number of ether oxygens (including phenoxy) is 1. The SMILES string of the molecule is CCCCCOc1ccccc1C(C)(C)Cc1ccccc1O. The highest BCUT2D eigenvalue weighted by atomic mass is 16.5. The average molecular weight is 312 g/mol. The van der Waals surface area contributed by atoms with Crippen molar-refractivity contribution in [3.05, 3.63) is 59.7 Å². The number of phenolic OH excluding ortho intramolecular Hbond substituents is 1. The van der Waals surface area contributed by atoms with Gasteiger partial charge in [0.05, 0.1) is 6.61 Å². The van der Waals surface area contributed by atoms with E-state index in [1.165, 1.54) is 18.4 Å². The summed E-state index contributed by atoms with van der Waals surface area (Å²) in [5.74, 6) is 1.32. The highest BCUT2D eigenvalue weighted by Gasteiger charge is 2.25. The van der Waals surface area contributed by atoms with E-state index < -0.39 is 0 Å². The summed E-state index contributed by atoms with van der Waals surface area (Å²) in [6.07, 6.45) is 4.26. The molecule has 2 nitrogen and oxygen atoms in total. The van der Waals surface area contributed by atoms with Crippen molar-refractivity contribution in [3.8, 4) is 11.5 Å². The summed E-state index contributed by atoms with van der Waals surface area (Å²) in [7, 11) is 0. The van der Waals surface area contributed by atoms with E-state index in [4.69, 9.17) is 4.74 Å². The number of para-hydroxylation sites is 2. The van der Waals surface area contributed by atoms with Crippen LogP contribution in [0, 0.1) is 0 Å². The predicted octanol–water partition coefficient (Wildman–Crippen LogP) is 5.48. The van der Waals surface area contributed by atoms with Crippen LogP contribution in [0.15, 0.2) is 48.5 Å². The zero-order valence-corrected chi connectivity index (χ0v) is 14.5. The number of hydrogen-bond acceptors (Lipinski definition) is 2. The van der Waals surface area contributed by atoms with Gasteiger partial charge in [-0.15, -0.1) is 0 Å². The van der Waals surface area contributed by atoms with Crippen LogP contribution >= 0.6 is 0 Å². The summed E-state index contributed by atoms with van der Waals surface area (Å²) in [6.45, 7) is 7.36. The fourth-order valence-electron chi connectivity index (χ4n) is 2.92. The Morgan fingerprint density at radius 1 is 0.957 bits per heavy atom. The molecule has 2 heteroatoms. The number of aromatic hydroxyl groups is 1. The number of hydrogen-bond donors (Lipinski definition) is 1. The summed E-state index contributed by atoms with van der Waals surface area (Å²) >= 11 is 0. The van der Waals surface area contributed by atoms with Crippen LogP contribution in [0.1, 0.15) is 51.2 Å². The lowest BCUT2D eigenvalue weighted by atomic mass is 9.78. The van der Waals surface area contributed by atoms with E-state index >= 15 is 0 Å². The lowest BCUT2D eigenvalue weighted by Gasteiger charge is -2.28. The number of rotatable bonds is 8. The molecule has 0 fully saturated rings. The monoisotopic (exact) mass is 312 g/mol. The van der Waals surface area contributed by atoms with Crippen LogP contribution in [-0.4, -0.2) is 11.7 Å². The molecule has 0 heterocycles. The van der Waals surface area contributed by atoms with Gasteiger partial charge in [-0.3, -0.25) is 0 Å². The quantitative estimate of drug-likeness (QED) is 0.654. The van der Waals surface area contributed by atoms with Crippen LogP contribution in [0.25, 0.3) is 0 Å². The van der Waals surface area contributed by atoms with Crippen molar-refractivity contribution in [2.75, 3.05) is 6.61 Å². The molecule has 0 aliphatic rings. The molecule has 2 aromatic rings. The Kier molecular flexibility index (Phi) is 6.09. The molecule has 0 aliphatic carbocycles. The highest BCUT2D eigenvalue weighted by molar-refractivity contribution is 5.42. The molecule has 0 unspecified atom stereocenters. The Hall–Kier alpha value is -1.96. The maximum absolute atomic E-state index is 10.1. The molecule has 0 amide bonds. The smallest absolute Gasteiger partial charge is 0.123 e. The maximum atomic E-state index is 10.1. The molecule has 124 valence electrons. The minimum absolute atomic E-state index is 0.111. The van der Waals surface area contributed by atoms with Gasteiger partial charge in [0.2, 0.25) is 0 Å². The van der Waals surface area contributed by atoms with Gasteiger partial charge < -0.3 is 9.84 Å². The fraction of sp³-hybridized carbons (Fsp3) is 0.429. The highest BCUT2D eigenvalue weighted by Crippen LogP contribution is 2.36. The molecule has 0 atom stereocenters. The van der Waals surface area contributed by atoms with Crippen molar-refractivity contribution >= 4 is 0 Å². The molecular formula is C21H28O2. The fourth-order valence-corrected chi connectivity index (χ4v) is 2.92. The number of benzene rings is 2. The Morgan fingerprint density at radius 2 is 1.65 bits per heavy atom. The van der Waals surface area contributed by atoms with Gasteiger partial charge in [-0.25, -0.2) is 0 Å². The van der Waals surface area contributed by atoms with Crippen molar-refractivity contribution in [2.45, 2.75) is 51.9 Å². The van der Waals surface area contributed by atoms with E-state index in [1.807, 2.05) is 30.3 Å². The molecule has 0 aliphatic heterocycles. The molecule has 2 rings (SSSR count). The molecule has 23 heavy (non-hydrogen) atoms. The average Bonchev–Trinajstić information content (AvgIpc) is 2.54. The van der Waals surface area contributed by atoms with Crippen LogP contribution in [-0.2, 0) is 11.8 Å². The molecule has 0 spiro atoms. The normalized spacial score (nSPS) is 11.4. The van der Waals surface area contributed by atoms with E-state index in [0.717, 1.165) is 30.8 Å². The van der Waals surface area contributed by atoms with Gasteiger partial charge in [-0.05, 0) is 36.0 Å². The second kappa shape index (κ2) is 8.05. The van der Waals surface area contributed by atoms with Gasteiger partial charge in [0, 0.05) is 5.56 Å². The number of unbranched alkanes of at least 4 members (excludes halogenated alkanes) is 2. The maximum Gasteiger partial charge on any atom is 0.123 e. The molecule has 0 radical (unpaired) electrons. The van der Waals surface area contributed by atoms with Gasteiger partial charge in [-0.2, -0.15) is 0 Å². The Labute approximate surface area is 140 Å². The third-order valence-corrected chi connectivity index (χ3v) is 4.25. The lowest BCUT2D eigenvalue weighted by molar-refractivity contribution is 0.296. The predicted molar refractivity (Wildman–Crippen MR) is 96.3 cm³/mol. The summed E-state index contributed by atoms with van der Waals surface area (Å²) in [4.78, 5) is 0. The van der Waals surface area contributed by atoms with Crippen molar-refractivity contribution < 1.29 is 9.84 Å².